The first kappa shape index (κ1) is 27.9. The van der Waals surface area contributed by atoms with E-state index in [0.29, 0.717) is 17.8 Å². The van der Waals surface area contributed by atoms with Crippen molar-refractivity contribution in [2.24, 2.45) is 5.92 Å². The molecule has 2 aromatic carbocycles. The number of aldehydes is 1. The van der Waals surface area contributed by atoms with Gasteiger partial charge in [-0.05, 0) is 112 Å². The molecule has 2 aromatic rings. The highest BCUT2D eigenvalue weighted by molar-refractivity contribution is 5.73. The molecule has 0 radical (unpaired) electrons. The van der Waals surface area contributed by atoms with E-state index in [1.165, 1.54) is 23.4 Å². The van der Waals surface area contributed by atoms with Gasteiger partial charge in [-0.25, -0.2) is 8.78 Å². The quantitative estimate of drug-likeness (QED) is 0.453. The number of aliphatic hydroxyl groups excluding tert-OH is 1. The molecule has 0 aromatic heterocycles. The third kappa shape index (κ3) is 6.84. The molecule has 1 atom stereocenters. The lowest BCUT2D eigenvalue weighted by Crippen LogP contribution is -2.48. The van der Waals surface area contributed by atoms with Gasteiger partial charge in [0, 0.05) is 30.3 Å². The summed E-state index contributed by atoms with van der Waals surface area (Å²) in [6.45, 7) is 6.05. The summed E-state index contributed by atoms with van der Waals surface area (Å²) < 4.78 is 25.0. The van der Waals surface area contributed by atoms with E-state index in [1.807, 2.05) is 6.07 Å². The number of nitrogens with zero attached hydrogens (tertiary/aromatic N) is 3. The van der Waals surface area contributed by atoms with Crippen LogP contribution in [0.1, 0.15) is 42.4 Å². The maximum Gasteiger partial charge on any atom is 0.142 e. The van der Waals surface area contributed by atoms with E-state index < -0.39 is 11.6 Å². The van der Waals surface area contributed by atoms with E-state index in [0.717, 1.165) is 88.7 Å². The maximum absolute atomic E-state index is 12.5. The first-order valence-electron chi connectivity index (χ1n) is 13.3. The highest BCUT2D eigenvalue weighted by Gasteiger charge is 2.42. The molecule has 0 aliphatic carbocycles. The summed E-state index contributed by atoms with van der Waals surface area (Å²) in [6.07, 6.45) is 7.28. The highest BCUT2D eigenvalue weighted by atomic mass is 19.1. The molecule has 0 amide bonds. The largest absolute Gasteiger partial charge is 0.392 e. The highest BCUT2D eigenvalue weighted by Crippen LogP contribution is 2.44. The van der Waals surface area contributed by atoms with Crippen molar-refractivity contribution in [3.8, 4) is 6.07 Å². The number of hydrogen-bond acceptors (Lipinski definition) is 6. The molecule has 6 nitrogen and oxygen atoms in total. The van der Waals surface area contributed by atoms with E-state index in [1.54, 1.807) is 0 Å². The minimum atomic E-state index is -0.652. The van der Waals surface area contributed by atoms with E-state index in [2.05, 4.69) is 40.4 Å². The van der Waals surface area contributed by atoms with Crippen LogP contribution in [0, 0.1) is 28.9 Å². The average Bonchev–Trinajstić information content (AvgIpc) is 3.26. The first-order chi connectivity index (χ1) is 18.3. The standard InChI is InChI=1S/C21H30N4O.C9H6F2O/c1-24-8-4-17(5-9-24)20(26)14-25-10-6-21(7-11-25)15-23-19-3-2-16(13-22)12-18(19)21;10-8-4-7(2-1-3-12)5-9(11)6-8/h2-3,12,17,20,23,26H,4-11,14-15H2,1H3;1-6H/b;2-1+. The van der Waals surface area contributed by atoms with Crippen LogP contribution in [0.3, 0.4) is 0 Å². The van der Waals surface area contributed by atoms with Gasteiger partial charge in [0.2, 0.25) is 0 Å². The van der Waals surface area contributed by atoms with Crippen molar-refractivity contribution in [3.63, 3.8) is 0 Å². The van der Waals surface area contributed by atoms with Crippen LogP contribution in [0.15, 0.2) is 42.5 Å². The summed E-state index contributed by atoms with van der Waals surface area (Å²) in [7, 11) is 2.16. The second-order valence-corrected chi connectivity index (χ2v) is 10.7. The Hall–Kier alpha value is -3.12. The number of anilines is 1. The molecular weight excluding hydrogens is 486 g/mol. The van der Waals surface area contributed by atoms with Crippen molar-refractivity contribution >= 4 is 18.0 Å². The second kappa shape index (κ2) is 12.6. The first-order valence-corrected chi connectivity index (χ1v) is 13.3. The second-order valence-electron chi connectivity index (χ2n) is 10.7. The zero-order valence-electron chi connectivity index (χ0n) is 21.9. The lowest BCUT2D eigenvalue weighted by molar-refractivity contribution is -0.104. The van der Waals surface area contributed by atoms with Gasteiger partial charge in [-0.2, -0.15) is 5.26 Å². The van der Waals surface area contributed by atoms with Crippen LogP contribution in [-0.2, 0) is 10.2 Å². The smallest absolute Gasteiger partial charge is 0.142 e. The van der Waals surface area contributed by atoms with Crippen LogP contribution >= 0.6 is 0 Å². The van der Waals surface area contributed by atoms with Crippen LogP contribution in [0.4, 0.5) is 14.5 Å². The van der Waals surface area contributed by atoms with Crippen molar-refractivity contribution < 1.29 is 18.7 Å². The van der Waals surface area contributed by atoms with Crippen LogP contribution < -0.4 is 5.32 Å². The molecule has 2 N–H and O–H groups in total. The Morgan fingerprint density at radius 3 is 2.45 bits per heavy atom. The predicted octanol–water partition coefficient (Wildman–Crippen LogP) is 4.20. The molecule has 2 saturated heterocycles. The summed E-state index contributed by atoms with van der Waals surface area (Å²) in [5.74, 6) is -0.852. The third-order valence-corrected chi connectivity index (χ3v) is 8.16. The van der Waals surface area contributed by atoms with Crippen LogP contribution in [0.25, 0.3) is 6.08 Å². The number of nitriles is 1. The van der Waals surface area contributed by atoms with Crippen molar-refractivity contribution in [1.82, 2.24) is 9.80 Å². The van der Waals surface area contributed by atoms with Crippen molar-refractivity contribution in [2.75, 3.05) is 51.6 Å². The minimum Gasteiger partial charge on any atom is -0.392 e. The Morgan fingerprint density at radius 1 is 1.13 bits per heavy atom. The Bertz CT molecular complexity index is 1160. The zero-order chi connectivity index (χ0) is 27.1. The van der Waals surface area contributed by atoms with Crippen molar-refractivity contribution in [3.05, 3.63) is 70.8 Å². The molecule has 38 heavy (non-hydrogen) atoms. The van der Waals surface area contributed by atoms with E-state index in [-0.39, 0.29) is 11.5 Å². The number of carbonyl (C=O) groups excluding carboxylic acids is 1. The lowest BCUT2D eigenvalue weighted by Gasteiger charge is -2.41. The van der Waals surface area contributed by atoms with Gasteiger partial charge in [-0.3, -0.25) is 4.79 Å². The van der Waals surface area contributed by atoms with E-state index in [9.17, 15) is 23.9 Å². The van der Waals surface area contributed by atoms with Crippen molar-refractivity contribution in [1.29, 1.82) is 5.26 Å². The average molecular weight is 523 g/mol. The molecule has 8 heteroatoms. The molecule has 3 aliphatic rings. The molecular formula is C30H36F2N4O2. The molecule has 1 spiro atoms. The summed E-state index contributed by atoms with van der Waals surface area (Å²) >= 11 is 0. The molecule has 3 heterocycles. The normalized spacial score (nSPS) is 20.3. The SMILES string of the molecule is CN1CCC(C(O)CN2CCC3(CC2)CNc2ccc(C#N)cc23)CC1.O=C/C=C/c1cc(F)cc(F)c1. The number of benzene rings is 2. The number of allylic oxidation sites excluding steroid dienone is 1. The van der Waals surface area contributed by atoms with Gasteiger partial charge >= 0.3 is 0 Å². The van der Waals surface area contributed by atoms with Gasteiger partial charge in [0.05, 0.1) is 17.7 Å². The number of likely N-dealkylation sites (tertiary alicyclic amines) is 2. The fourth-order valence-electron chi connectivity index (χ4n) is 5.82. The number of hydrogen-bond donors (Lipinski definition) is 2. The van der Waals surface area contributed by atoms with Crippen LogP contribution in [-0.4, -0.2) is 73.6 Å². The zero-order valence-corrected chi connectivity index (χ0v) is 21.9. The number of nitrogens with one attached hydrogen (secondary N) is 1. The maximum atomic E-state index is 12.5. The van der Waals surface area contributed by atoms with E-state index in [4.69, 9.17) is 0 Å². The van der Waals surface area contributed by atoms with Crippen LogP contribution in [0.5, 0.6) is 0 Å². The summed E-state index contributed by atoms with van der Waals surface area (Å²) in [5.41, 5.74) is 3.78. The van der Waals surface area contributed by atoms with Gasteiger partial charge < -0.3 is 20.2 Å². The lowest BCUT2D eigenvalue weighted by atomic mass is 9.74. The molecule has 2 fully saturated rings. The molecule has 0 bridgehead atoms. The Morgan fingerprint density at radius 2 is 1.82 bits per heavy atom. The molecule has 5 rings (SSSR count). The Kier molecular flexibility index (Phi) is 9.26. The molecule has 0 saturated carbocycles. The molecule has 3 aliphatic heterocycles. The fraction of sp³-hybridized carbons (Fsp3) is 0.467. The van der Waals surface area contributed by atoms with E-state index >= 15 is 0 Å². The predicted molar refractivity (Wildman–Crippen MR) is 145 cm³/mol. The monoisotopic (exact) mass is 522 g/mol. The molecule has 1 unspecified atom stereocenters. The van der Waals surface area contributed by atoms with Gasteiger partial charge in [-0.15, -0.1) is 0 Å². The number of rotatable bonds is 5. The summed E-state index contributed by atoms with van der Waals surface area (Å²) in [5, 5.41) is 23.5. The number of piperidine rings is 2. The van der Waals surface area contributed by atoms with Crippen molar-refractivity contribution in [2.45, 2.75) is 37.2 Å². The number of fused-ring (bicyclic) bond motifs is 2. The summed E-state index contributed by atoms with van der Waals surface area (Å²) in [4.78, 5) is 14.7. The number of halogens is 2. The Balaban J connectivity index is 0.000000236. The third-order valence-electron chi connectivity index (χ3n) is 8.16. The van der Waals surface area contributed by atoms with Gasteiger partial charge in [0.1, 0.15) is 17.9 Å². The van der Waals surface area contributed by atoms with Gasteiger partial charge in [-0.1, -0.05) is 6.08 Å². The van der Waals surface area contributed by atoms with Gasteiger partial charge in [0.25, 0.3) is 0 Å². The van der Waals surface area contributed by atoms with Gasteiger partial charge in [0.15, 0.2) is 0 Å². The Labute approximate surface area is 223 Å². The number of carbonyl (C=O) groups is 1. The minimum absolute atomic E-state index is 0.164. The van der Waals surface area contributed by atoms with Crippen LogP contribution in [0.2, 0.25) is 0 Å². The number of aliphatic hydroxyl groups is 1. The summed E-state index contributed by atoms with van der Waals surface area (Å²) in [6, 6.07) is 11.4. The fourth-order valence-corrected chi connectivity index (χ4v) is 5.82. The number of β-amino-alcohol motifs (C(OH)–C–C–N with tert-alkyl or cyclic N) is 1. The molecule has 202 valence electrons. The topological polar surface area (TPSA) is 79.6 Å².